The first-order valence-electron chi connectivity index (χ1n) is 6.13. The molecule has 2 aromatic heterocycles. The standard InChI is InChI=1S/C13H14N6O/c1-19-7-16-18-11(19)6-15-13(20)10-5-8-3-2-4-9(14)12(8)17-10/h2-5,7,17H,6,14H2,1H3,(H,15,20). The molecule has 1 aromatic carbocycles. The Hall–Kier alpha value is -2.83. The van der Waals surface area contributed by atoms with E-state index in [4.69, 9.17) is 5.73 Å². The number of hydrogen-bond acceptors (Lipinski definition) is 4. The van der Waals surface area contributed by atoms with Gasteiger partial charge in [0.15, 0.2) is 5.82 Å². The Balaban J connectivity index is 1.79. The first kappa shape index (κ1) is 12.2. The van der Waals surface area contributed by atoms with E-state index in [0.717, 1.165) is 10.9 Å². The highest BCUT2D eigenvalue weighted by atomic mass is 16.1. The number of nitrogen functional groups attached to an aromatic ring is 1. The van der Waals surface area contributed by atoms with Crippen LogP contribution < -0.4 is 11.1 Å². The predicted octanol–water partition coefficient (Wildman–Crippen LogP) is 0.809. The molecule has 3 rings (SSSR count). The molecule has 0 fully saturated rings. The van der Waals surface area contributed by atoms with Gasteiger partial charge in [0.1, 0.15) is 12.0 Å². The molecule has 0 unspecified atom stereocenters. The second kappa shape index (κ2) is 4.69. The third-order valence-corrected chi connectivity index (χ3v) is 3.15. The van der Waals surface area contributed by atoms with Crippen molar-refractivity contribution in [3.63, 3.8) is 0 Å². The second-order valence-electron chi connectivity index (χ2n) is 4.54. The zero-order valence-electron chi connectivity index (χ0n) is 10.9. The minimum absolute atomic E-state index is 0.205. The second-order valence-corrected chi connectivity index (χ2v) is 4.54. The maximum atomic E-state index is 12.1. The van der Waals surface area contributed by atoms with Gasteiger partial charge in [-0.3, -0.25) is 4.79 Å². The minimum atomic E-state index is -0.205. The smallest absolute Gasteiger partial charge is 0.268 e. The zero-order valence-corrected chi connectivity index (χ0v) is 10.9. The number of para-hydroxylation sites is 1. The predicted molar refractivity (Wildman–Crippen MR) is 74.9 cm³/mol. The van der Waals surface area contributed by atoms with Gasteiger partial charge in [0.25, 0.3) is 5.91 Å². The van der Waals surface area contributed by atoms with Crippen LogP contribution in [-0.2, 0) is 13.6 Å². The third-order valence-electron chi connectivity index (χ3n) is 3.15. The molecule has 1 amide bonds. The van der Waals surface area contributed by atoms with Gasteiger partial charge in [-0.15, -0.1) is 10.2 Å². The van der Waals surface area contributed by atoms with Gasteiger partial charge >= 0.3 is 0 Å². The molecule has 2 heterocycles. The summed E-state index contributed by atoms with van der Waals surface area (Å²) in [6, 6.07) is 7.33. The third kappa shape index (κ3) is 2.09. The number of benzene rings is 1. The summed E-state index contributed by atoms with van der Waals surface area (Å²) in [5.74, 6) is 0.484. The highest BCUT2D eigenvalue weighted by Gasteiger charge is 2.11. The number of fused-ring (bicyclic) bond motifs is 1. The molecule has 7 nitrogen and oxygen atoms in total. The molecule has 0 spiro atoms. The number of aromatic amines is 1. The molecule has 102 valence electrons. The molecule has 0 aliphatic rings. The summed E-state index contributed by atoms with van der Waals surface area (Å²) >= 11 is 0. The Labute approximate surface area is 114 Å². The summed E-state index contributed by atoms with van der Waals surface area (Å²) in [5, 5.41) is 11.4. The topological polar surface area (TPSA) is 102 Å². The van der Waals surface area contributed by atoms with Crippen molar-refractivity contribution in [2.75, 3.05) is 5.73 Å². The van der Waals surface area contributed by atoms with Crippen LogP contribution in [0.5, 0.6) is 0 Å². The molecule has 7 heteroatoms. The number of H-pyrrole nitrogens is 1. The number of nitrogens with zero attached hydrogens (tertiary/aromatic N) is 3. The average Bonchev–Trinajstić information content (AvgIpc) is 3.03. The molecule has 0 aliphatic carbocycles. The Morgan fingerprint density at radius 2 is 2.35 bits per heavy atom. The minimum Gasteiger partial charge on any atom is -0.397 e. The Morgan fingerprint density at radius 3 is 3.05 bits per heavy atom. The van der Waals surface area contributed by atoms with Crippen LogP contribution in [0, 0.1) is 0 Å². The van der Waals surface area contributed by atoms with Crippen LogP contribution in [0.3, 0.4) is 0 Å². The van der Waals surface area contributed by atoms with E-state index in [2.05, 4.69) is 20.5 Å². The summed E-state index contributed by atoms with van der Waals surface area (Å²) in [6.45, 7) is 0.320. The van der Waals surface area contributed by atoms with E-state index in [0.29, 0.717) is 23.8 Å². The van der Waals surface area contributed by atoms with Crippen molar-refractivity contribution in [1.82, 2.24) is 25.1 Å². The maximum absolute atomic E-state index is 12.1. The SMILES string of the molecule is Cn1cnnc1CNC(=O)c1cc2cccc(N)c2[nH]1. The van der Waals surface area contributed by atoms with Crippen LogP contribution in [-0.4, -0.2) is 25.7 Å². The quantitative estimate of drug-likeness (QED) is 0.613. The molecule has 0 aliphatic heterocycles. The van der Waals surface area contributed by atoms with Crippen LogP contribution in [0.15, 0.2) is 30.6 Å². The van der Waals surface area contributed by atoms with E-state index in [1.54, 1.807) is 23.0 Å². The molecule has 20 heavy (non-hydrogen) atoms. The lowest BCUT2D eigenvalue weighted by Gasteiger charge is -2.02. The molecule has 0 saturated heterocycles. The molecule has 0 bridgehead atoms. The van der Waals surface area contributed by atoms with Crippen molar-refractivity contribution < 1.29 is 4.79 Å². The number of carbonyl (C=O) groups is 1. The van der Waals surface area contributed by atoms with Crippen molar-refractivity contribution in [1.29, 1.82) is 0 Å². The van der Waals surface area contributed by atoms with Gasteiger partial charge in [-0.05, 0) is 12.1 Å². The number of anilines is 1. The van der Waals surface area contributed by atoms with Crippen molar-refractivity contribution in [2.24, 2.45) is 7.05 Å². The van der Waals surface area contributed by atoms with E-state index in [1.807, 2.05) is 19.2 Å². The highest BCUT2D eigenvalue weighted by molar-refractivity contribution is 6.00. The van der Waals surface area contributed by atoms with E-state index in [9.17, 15) is 4.79 Å². The molecule has 4 N–H and O–H groups in total. The number of aryl methyl sites for hydroxylation is 1. The van der Waals surface area contributed by atoms with Crippen molar-refractivity contribution in [2.45, 2.75) is 6.54 Å². The molecule has 3 aromatic rings. The van der Waals surface area contributed by atoms with E-state index < -0.39 is 0 Å². The summed E-state index contributed by atoms with van der Waals surface area (Å²) < 4.78 is 1.75. The number of amides is 1. The number of nitrogens with one attached hydrogen (secondary N) is 2. The summed E-state index contributed by atoms with van der Waals surface area (Å²) in [7, 11) is 1.82. The first-order chi connectivity index (χ1) is 9.65. The van der Waals surface area contributed by atoms with Crippen LogP contribution >= 0.6 is 0 Å². The van der Waals surface area contributed by atoms with Crippen LogP contribution in [0.1, 0.15) is 16.3 Å². The maximum Gasteiger partial charge on any atom is 0.268 e. The first-order valence-corrected chi connectivity index (χ1v) is 6.13. The van der Waals surface area contributed by atoms with Gasteiger partial charge in [-0.2, -0.15) is 0 Å². The number of hydrogen-bond donors (Lipinski definition) is 3. The van der Waals surface area contributed by atoms with E-state index in [-0.39, 0.29) is 5.91 Å². The lowest BCUT2D eigenvalue weighted by atomic mass is 10.2. The largest absolute Gasteiger partial charge is 0.397 e. The summed E-state index contributed by atoms with van der Waals surface area (Å²) in [4.78, 5) is 15.1. The Morgan fingerprint density at radius 1 is 1.50 bits per heavy atom. The number of carbonyl (C=O) groups excluding carboxylic acids is 1. The van der Waals surface area contributed by atoms with E-state index >= 15 is 0 Å². The summed E-state index contributed by atoms with van der Waals surface area (Å²) in [6.07, 6.45) is 1.59. The van der Waals surface area contributed by atoms with Crippen LogP contribution in [0.25, 0.3) is 10.9 Å². The number of aromatic nitrogens is 4. The van der Waals surface area contributed by atoms with Crippen LogP contribution in [0.2, 0.25) is 0 Å². The van der Waals surface area contributed by atoms with Gasteiger partial charge in [-0.1, -0.05) is 12.1 Å². The summed E-state index contributed by atoms with van der Waals surface area (Å²) in [5.41, 5.74) is 7.72. The van der Waals surface area contributed by atoms with Crippen molar-refractivity contribution >= 4 is 22.5 Å². The normalized spacial score (nSPS) is 10.8. The van der Waals surface area contributed by atoms with E-state index in [1.165, 1.54) is 0 Å². The number of rotatable bonds is 3. The molecule has 0 atom stereocenters. The lowest BCUT2D eigenvalue weighted by molar-refractivity contribution is 0.0945. The molecule has 0 radical (unpaired) electrons. The fraction of sp³-hybridized carbons (Fsp3) is 0.154. The van der Waals surface area contributed by atoms with Gasteiger partial charge in [0.2, 0.25) is 0 Å². The molecule has 0 saturated carbocycles. The fourth-order valence-corrected chi connectivity index (χ4v) is 2.02. The van der Waals surface area contributed by atoms with Gasteiger partial charge in [-0.25, -0.2) is 0 Å². The Kier molecular flexibility index (Phi) is 2.86. The highest BCUT2D eigenvalue weighted by Crippen LogP contribution is 2.20. The fourth-order valence-electron chi connectivity index (χ4n) is 2.02. The van der Waals surface area contributed by atoms with Crippen molar-refractivity contribution in [3.8, 4) is 0 Å². The van der Waals surface area contributed by atoms with Gasteiger partial charge in [0, 0.05) is 12.4 Å². The molecular formula is C13H14N6O. The number of nitrogens with two attached hydrogens (primary N) is 1. The monoisotopic (exact) mass is 270 g/mol. The van der Waals surface area contributed by atoms with Crippen molar-refractivity contribution in [3.05, 3.63) is 42.1 Å². The lowest BCUT2D eigenvalue weighted by Crippen LogP contribution is -2.24. The zero-order chi connectivity index (χ0) is 14.1. The van der Waals surface area contributed by atoms with Gasteiger partial charge in [0.05, 0.1) is 17.7 Å². The van der Waals surface area contributed by atoms with Crippen LogP contribution in [0.4, 0.5) is 5.69 Å². The van der Waals surface area contributed by atoms with Gasteiger partial charge < -0.3 is 20.6 Å². The Bertz CT molecular complexity index is 772. The molecular weight excluding hydrogens is 256 g/mol. The average molecular weight is 270 g/mol.